The third kappa shape index (κ3) is 5.09. The Labute approximate surface area is 201 Å². The molecule has 4 rings (SSSR count). The monoisotopic (exact) mass is 479 g/mol. The van der Waals surface area contributed by atoms with Gasteiger partial charge in [0.05, 0.1) is 18.7 Å². The highest BCUT2D eigenvalue weighted by Gasteiger charge is 2.30. The smallest absolute Gasteiger partial charge is 0.407 e. The lowest BCUT2D eigenvalue weighted by Crippen LogP contribution is -2.48. The number of aliphatic carboxylic acids is 1. The molecule has 1 aliphatic rings. The fraction of sp³-hybridized carbons (Fsp3) is 0.280. The number of rotatable bonds is 8. The van der Waals surface area contributed by atoms with Gasteiger partial charge in [0.1, 0.15) is 17.7 Å². The minimum absolute atomic E-state index is 0.0684. The predicted molar refractivity (Wildman–Crippen MR) is 128 cm³/mol. The maximum Gasteiger partial charge on any atom is 0.407 e. The summed E-state index contributed by atoms with van der Waals surface area (Å²) in [5, 5.41) is 15.0. The number of nitrogens with one attached hydrogen (secondary N) is 2. The molecule has 1 heterocycles. The van der Waals surface area contributed by atoms with Crippen molar-refractivity contribution in [2.45, 2.75) is 38.8 Å². The maximum atomic E-state index is 12.6. The van der Waals surface area contributed by atoms with Crippen LogP contribution in [0.5, 0.6) is 0 Å². The molecule has 8 nitrogen and oxygen atoms in total. The Kier molecular flexibility index (Phi) is 6.93. The van der Waals surface area contributed by atoms with Gasteiger partial charge in [-0.1, -0.05) is 48.5 Å². The zero-order valence-electron chi connectivity index (χ0n) is 18.8. The molecule has 0 spiro atoms. The Morgan fingerprint density at radius 1 is 1.06 bits per heavy atom. The Balaban J connectivity index is 1.38. The van der Waals surface area contributed by atoms with Crippen LogP contribution in [0.4, 0.5) is 4.79 Å². The second kappa shape index (κ2) is 10.0. The zero-order valence-corrected chi connectivity index (χ0v) is 19.6. The Morgan fingerprint density at radius 3 is 2.24 bits per heavy atom. The van der Waals surface area contributed by atoms with Gasteiger partial charge in [-0.25, -0.2) is 9.78 Å². The van der Waals surface area contributed by atoms with Crippen molar-refractivity contribution in [2.75, 3.05) is 6.61 Å². The normalized spacial score (nSPS) is 13.0. The molecule has 1 atom stereocenters. The second-order valence-electron chi connectivity index (χ2n) is 8.09. The molecule has 3 N–H and O–H groups in total. The molecule has 0 saturated carbocycles. The first-order valence-corrected chi connectivity index (χ1v) is 11.7. The van der Waals surface area contributed by atoms with Gasteiger partial charge >= 0.3 is 12.1 Å². The lowest BCUT2D eigenvalue weighted by molar-refractivity contribution is -0.139. The number of benzene rings is 2. The first-order chi connectivity index (χ1) is 16.3. The largest absolute Gasteiger partial charge is 0.481 e. The van der Waals surface area contributed by atoms with E-state index in [9.17, 15) is 19.5 Å². The lowest BCUT2D eigenvalue weighted by atomic mass is 9.98. The molecule has 3 aromatic rings. The molecule has 34 heavy (non-hydrogen) atoms. The molecule has 0 bridgehead atoms. The van der Waals surface area contributed by atoms with Crippen molar-refractivity contribution in [1.82, 2.24) is 15.6 Å². The van der Waals surface area contributed by atoms with E-state index in [0.29, 0.717) is 5.01 Å². The summed E-state index contributed by atoms with van der Waals surface area (Å²) < 4.78 is 5.45. The summed E-state index contributed by atoms with van der Waals surface area (Å²) >= 11 is 1.45. The Morgan fingerprint density at radius 2 is 1.68 bits per heavy atom. The molecular formula is C25H25N3O5S. The molecule has 176 valence electrons. The summed E-state index contributed by atoms with van der Waals surface area (Å²) in [7, 11) is 0. The van der Waals surface area contributed by atoms with Crippen LogP contribution < -0.4 is 10.6 Å². The minimum Gasteiger partial charge on any atom is -0.481 e. The van der Waals surface area contributed by atoms with Crippen molar-refractivity contribution in [3.05, 3.63) is 75.2 Å². The van der Waals surface area contributed by atoms with Gasteiger partial charge in [0.25, 0.3) is 0 Å². The van der Waals surface area contributed by atoms with E-state index in [1.807, 2.05) is 62.4 Å². The van der Waals surface area contributed by atoms with Gasteiger partial charge in [-0.3, -0.25) is 9.59 Å². The van der Waals surface area contributed by atoms with Crippen LogP contribution in [0.15, 0.2) is 48.5 Å². The lowest BCUT2D eigenvalue weighted by Gasteiger charge is -2.18. The maximum absolute atomic E-state index is 12.6. The molecule has 0 fully saturated rings. The fourth-order valence-electron chi connectivity index (χ4n) is 4.07. The van der Waals surface area contributed by atoms with Crippen LogP contribution in [0, 0.1) is 13.8 Å². The molecular weight excluding hydrogens is 454 g/mol. The van der Waals surface area contributed by atoms with Crippen molar-refractivity contribution in [1.29, 1.82) is 0 Å². The van der Waals surface area contributed by atoms with Crippen molar-refractivity contribution in [3.8, 4) is 11.1 Å². The third-order valence-electron chi connectivity index (χ3n) is 5.82. The number of aryl methyl sites for hydroxylation is 2. The second-order valence-corrected chi connectivity index (χ2v) is 9.38. The van der Waals surface area contributed by atoms with Gasteiger partial charge in [0.2, 0.25) is 5.91 Å². The summed E-state index contributed by atoms with van der Waals surface area (Å²) in [5.74, 6) is -1.96. The van der Waals surface area contributed by atoms with E-state index in [4.69, 9.17) is 4.74 Å². The van der Waals surface area contributed by atoms with Gasteiger partial charge in [0, 0.05) is 10.8 Å². The number of nitrogens with zero attached hydrogens (tertiary/aromatic N) is 1. The third-order valence-corrected chi connectivity index (χ3v) is 6.89. The van der Waals surface area contributed by atoms with E-state index in [0.717, 1.165) is 32.8 Å². The van der Waals surface area contributed by atoms with Crippen molar-refractivity contribution >= 4 is 29.3 Å². The summed E-state index contributed by atoms with van der Waals surface area (Å²) in [5.41, 5.74) is 5.20. The molecule has 2 aromatic carbocycles. The average molecular weight is 480 g/mol. The average Bonchev–Trinajstić information content (AvgIpc) is 3.31. The molecule has 1 aromatic heterocycles. The topological polar surface area (TPSA) is 118 Å². The number of aromatic nitrogens is 1. The summed E-state index contributed by atoms with van der Waals surface area (Å²) in [6, 6.07) is 14.6. The number of carbonyl (C=O) groups excluding carboxylic acids is 2. The molecule has 2 amide bonds. The van der Waals surface area contributed by atoms with Crippen molar-refractivity contribution < 1.29 is 24.2 Å². The van der Waals surface area contributed by atoms with Crippen LogP contribution in [-0.4, -0.2) is 40.7 Å². The number of ether oxygens (including phenoxy) is 1. The number of carboxylic acids is 1. The standard InChI is InChI=1S/C25H25N3O5S/c1-14-15(2)34-22(27-14)12-26-24(31)21(11-23(29)30)28-25(32)33-13-20-18-9-5-3-7-16(18)17-8-4-6-10-19(17)20/h3-10,20-21H,11-13H2,1-2H3,(H,26,31)(H,28,32)(H,29,30). The molecule has 0 saturated heterocycles. The predicted octanol–water partition coefficient (Wildman–Crippen LogP) is 3.76. The quantitative estimate of drug-likeness (QED) is 0.453. The van der Waals surface area contributed by atoms with Crippen LogP contribution in [0.1, 0.15) is 39.0 Å². The van der Waals surface area contributed by atoms with E-state index in [1.165, 1.54) is 11.3 Å². The summed E-state index contributed by atoms with van der Waals surface area (Å²) in [6.07, 6.45) is -1.41. The number of hydrogen-bond acceptors (Lipinski definition) is 6. The van der Waals surface area contributed by atoms with E-state index < -0.39 is 30.4 Å². The Bertz CT molecular complexity index is 1170. The van der Waals surface area contributed by atoms with Gasteiger partial charge in [-0.15, -0.1) is 11.3 Å². The molecule has 1 aliphatic carbocycles. The van der Waals surface area contributed by atoms with E-state index in [1.54, 1.807) is 0 Å². The molecule has 0 aliphatic heterocycles. The van der Waals surface area contributed by atoms with Gasteiger partial charge < -0.3 is 20.5 Å². The summed E-state index contributed by atoms with van der Waals surface area (Å²) in [6.45, 7) is 4.03. The fourth-order valence-corrected chi connectivity index (χ4v) is 4.94. The van der Waals surface area contributed by atoms with Crippen LogP contribution in [-0.2, 0) is 20.9 Å². The number of alkyl carbamates (subject to hydrolysis) is 1. The van der Waals surface area contributed by atoms with E-state index >= 15 is 0 Å². The first-order valence-electron chi connectivity index (χ1n) is 10.9. The number of fused-ring (bicyclic) bond motifs is 3. The molecule has 1 unspecified atom stereocenters. The van der Waals surface area contributed by atoms with Crippen LogP contribution in [0.3, 0.4) is 0 Å². The van der Waals surface area contributed by atoms with Gasteiger partial charge in [-0.05, 0) is 36.1 Å². The number of hydrogen-bond donors (Lipinski definition) is 3. The zero-order chi connectivity index (χ0) is 24.2. The molecule has 0 radical (unpaired) electrons. The SMILES string of the molecule is Cc1nc(CNC(=O)C(CC(=O)O)NC(=O)OCC2c3ccccc3-c3ccccc32)sc1C. The highest BCUT2D eigenvalue weighted by molar-refractivity contribution is 7.11. The Hall–Kier alpha value is -3.72. The number of carboxylic acid groups (broad SMARTS) is 1. The van der Waals surface area contributed by atoms with Crippen LogP contribution >= 0.6 is 11.3 Å². The van der Waals surface area contributed by atoms with Crippen molar-refractivity contribution in [2.24, 2.45) is 0 Å². The minimum atomic E-state index is -1.27. The number of amides is 2. The highest BCUT2D eigenvalue weighted by Crippen LogP contribution is 2.44. The van der Waals surface area contributed by atoms with E-state index in [2.05, 4.69) is 15.6 Å². The summed E-state index contributed by atoms with van der Waals surface area (Å²) in [4.78, 5) is 41.8. The highest BCUT2D eigenvalue weighted by atomic mass is 32.1. The first kappa shape index (κ1) is 23.4. The van der Waals surface area contributed by atoms with Crippen LogP contribution in [0.2, 0.25) is 0 Å². The van der Waals surface area contributed by atoms with Gasteiger partial charge in [0.15, 0.2) is 0 Å². The molecule has 9 heteroatoms. The van der Waals surface area contributed by atoms with Gasteiger partial charge in [-0.2, -0.15) is 0 Å². The van der Waals surface area contributed by atoms with Crippen LogP contribution in [0.25, 0.3) is 11.1 Å². The van der Waals surface area contributed by atoms with E-state index in [-0.39, 0.29) is 19.1 Å². The van der Waals surface area contributed by atoms with Crippen molar-refractivity contribution in [3.63, 3.8) is 0 Å². The number of thiazole rings is 1. The number of carbonyl (C=O) groups is 3.